The van der Waals surface area contributed by atoms with Crippen LogP contribution in [0.25, 0.3) is 11.4 Å². The third-order valence-electron chi connectivity index (χ3n) is 4.19. The molecule has 0 saturated carbocycles. The molecule has 0 radical (unpaired) electrons. The van der Waals surface area contributed by atoms with Crippen LogP contribution < -0.4 is 10.6 Å². The molecule has 0 saturated heterocycles. The quantitative estimate of drug-likeness (QED) is 0.507. The van der Waals surface area contributed by atoms with Gasteiger partial charge in [-0.05, 0) is 36.8 Å². The molecule has 144 valence electrons. The maximum Gasteiger partial charge on any atom is 0.225 e. The molecular formula is C21H18FN7. The average molecular weight is 387 g/mol. The van der Waals surface area contributed by atoms with Gasteiger partial charge < -0.3 is 10.6 Å². The minimum Gasteiger partial charge on any atom is -0.348 e. The van der Waals surface area contributed by atoms with Gasteiger partial charge in [0.05, 0.1) is 23.6 Å². The van der Waals surface area contributed by atoms with Crippen molar-refractivity contribution in [3.8, 4) is 11.4 Å². The fourth-order valence-corrected chi connectivity index (χ4v) is 2.74. The van der Waals surface area contributed by atoms with Crippen molar-refractivity contribution in [3.05, 3.63) is 84.7 Å². The van der Waals surface area contributed by atoms with Crippen LogP contribution >= 0.6 is 0 Å². The molecular weight excluding hydrogens is 369 g/mol. The summed E-state index contributed by atoms with van der Waals surface area (Å²) in [6, 6.07) is 13.6. The van der Waals surface area contributed by atoms with Crippen molar-refractivity contribution in [2.45, 2.75) is 13.0 Å². The molecule has 8 heteroatoms. The Bertz CT molecular complexity index is 1070. The largest absolute Gasteiger partial charge is 0.348 e. The number of nitrogens with one attached hydrogen (secondary N) is 2. The Morgan fingerprint density at radius 2 is 1.72 bits per heavy atom. The van der Waals surface area contributed by atoms with E-state index in [4.69, 9.17) is 0 Å². The first kappa shape index (κ1) is 18.4. The van der Waals surface area contributed by atoms with Crippen molar-refractivity contribution >= 4 is 17.6 Å². The highest BCUT2D eigenvalue weighted by Gasteiger charge is 2.12. The first-order chi connectivity index (χ1) is 14.2. The SMILES string of the molecule is C[C@H](Nc1nc(Nc2cnccn2)cc(-c2ccccn2)n1)c1ccc(F)cc1. The summed E-state index contributed by atoms with van der Waals surface area (Å²) in [5, 5.41) is 6.40. The summed E-state index contributed by atoms with van der Waals surface area (Å²) in [7, 11) is 0. The average Bonchev–Trinajstić information content (AvgIpc) is 2.75. The molecule has 7 nitrogen and oxygen atoms in total. The van der Waals surface area contributed by atoms with E-state index in [0.29, 0.717) is 23.3 Å². The molecule has 1 atom stereocenters. The first-order valence-electron chi connectivity index (χ1n) is 9.03. The Hall–Kier alpha value is -3.94. The summed E-state index contributed by atoms with van der Waals surface area (Å²) >= 11 is 0. The fourth-order valence-electron chi connectivity index (χ4n) is 2.74. The number of halogens is 1. The van der Waals surface area contributed by atoms with Gasteiger partial charge in [-0.3, -0.25) is 9.97 Å². The van der Waals surface area contributed by atoms with Gasteiger partial charge in [0.15, 0.2) is 0 Å². The molecule has 1 aromatic carbocycles. The number of rotatable bonds is 6. The normalized spacial score (nSPS) is 11.7. The lowest BCUT2D eigenvalue weighted by Crippen LogP contribution is -2.11. The zero-order valence-electron chi connectivity index (χ0n) is 15.6. The predicted molar refractivity (Wildman–Crippen MR) is 109 cm³/mol. The van der Waals surface area contributed by atoms with Crippen LogP contribution in [-0.2, 0) is 0 Å². The van der Waals surface area contributed by atoms with E-state index in [0.717, 1.165) is 11.3 Å². The molecule has 3 aromatic heterocycles. The predicted octanol–water partition coefficient (Wildman–Crippen LogP) is 4.38. The van der Waals surface area contributed by atoms with Gasteiger partial charge in [0.1, 0.15) is 17.5 Å². The topological polar surface area (TPSA) is 88.5 Å². The summed E-state index contributed by atoms with van der Waals surface area (Å²) in [6.45, 7) is 1.96. The fraction of sp³-hybridized carbons (Fsp3) is 0.0952. The summed E-state index contributed by atoms with van der Waals surface area (Å²) in [6.07, 6.45) is 6.51. The van der Waals surface area contributed by atoms with Crippen molar-refractivity contribution in [1.82, 2.24) is 24.9 Å². The lowest BCUT2D eigenvalue weighted by atomic mass is 10.1. The zero-order valence-corrected chi connectivity index (χ0v) is 15.6. The molecule has 0 unspecified atom stereocenters. The number of pyridine rings is 1. The smallest absolute Gasteiger partial charge is 0.225 e. The van der Waals surface area contributed by atoms with Gasteiger partial charge in [0.2, 0.25) is 5.95 Å². The second-order valence-corrected chi connectivity index (χ2v) is 6.31. The van der Waals surface area contributed by atoms with Gasteiger partial charge in [-0.1, -0.05) is 18.2 Å². The Kier molecular flexibility index (Phi) is 5.33. The van der Waals surface area contributed by atoms with E-state index in [1.54, 1.807) is 43.0 Å². The highest BCUT2D eigenvalue weighted by molar-refractivity contribution is 5.63. The van der Waals surface area contributed by atoms with Crippen LogP contribution in [0.2, 0.25) is 0 Å². The van der Waals surface area contributed by atoms with Gasteiger partial charge in [-0.25, -0.2) is 14.4 Å². The monoisotopic (exact) mass is 387 g/mol. The van der Waals surface area contributed by atoms with Crippen molar-refractivity contribution < 1.29 is 4.39 Å². The van der Waals surface area contributed by atoms with Crippen LogP contribution in [0.15, 0.2) is 73.3 Å². The molecule has 2 N–H and O–H groups in total. The molecule has 0 amide bonds. The van der Waals surface area contributed by atoms with Crippen molar-refractivity contribution in [2.24, 2.45) is 0 Å². The number of anilines is 3. The third kappa shape index (κ3) is 4.67. The van der Waals surface area contributed by atoms with E-state index < -0.39 is 0 Å². The molecule has 0 aliphatic rings. The minimum absolute atomic E-state index is 0.126. The standard InChI is InChI=1S/C21H18FN7/c1-14(15-5-7-16(22)8-6-15)26-21-27-18(17-4-2-3-9-24-17)12-19(29-21)28-20-13-23-10-11-25-20/h2-14H,1H3,(H2,25,26,27,28,29)/t14-/m0/s1. The van der Waals surface area contributed by atoms with Gasteiger partial charge in [0.25, 0.3) is 0 Å². The number of hydrogen-bond donors (Lipinski definition) is 2. The summed E-state index contributed by atoms with van der Waals surface area (Å²) in [5.41, 5.74) is 2.29. The minimum atomic E-state index is -0.273. The van der Waals surface area contributed by atoms with Crippen LogP contribution in [0.3, 0.4) is 0 Å². The highest BCUT2D eigenvalue weighted by Crippen LogP contribution is 2.24. The van der Waals surface area contributed by atoms with Crippen LogP contribution in [0.5, 0.6) is 0 Å². The van der Waals surface area contributed by atoms with Crippen molar-refractivity contribution in [3.63, 3.8) is 0 Å². The Morgan fingerprint density at radius 1 is 0.862 bits per heavy atom. The van der Waals surface area contributed by atoms with E-state index in [2.05, 4.69) is 35.6 Å². The third-order valence-corrected chi connectivity index (χ3v) is 4.19. The maximum absolute atomic E-state index is 13.2. The van der Waals surface area contributed by atoms with E-state index in [1.165, 1.54) is 12.1 Å². The molecule has 4 aromatic rings. The Balaban J connectivity index is 1.66. The number of nitrogens with zero attached hydrogens (tertiary/aromatic N) is 5. The summed E-state index contributed by atoms with van der Waals surface area (Å²) in [5.74, 6) is 1.26. The molecule has 0 bridgehead atoms. The number of hydrogen-bond acceptors (Lipinski definition) is 7. The zero-order chi connectivity index (χ0) is 20.1. The second-order valence-electron chi connectivity index (χ2n) is 6.31. The summed E-state index contributed by atoms with van der Waals surface area (Å²) in [4.78, 5) is 21.8. The van der Waals surface area contributed by atoms with Crippen LogP contribution in [0.4, 0.5) is 22.0 Å². The van der Waals surface area contributed by atoms with Crippen LogP contribution in [0, 0.1) is 5.82 Å². The van der Waals surface area contributed by atoms with Crippen LogP contribution in [0.1, 0.15) is 18.5 Å². The lowest BCUT2D eigenvalue weighted by molar-refractivity contribution is 0.626. The maximum atomic E-state index is 13.2. The second kappa shape index (κ2) is 8.39. The molecule has 0 fully saturated rings. The lowest BCUT2D eigenvalue weighted by Gasteiger charge is -2.16. The van der Waals surface area contributed by atoms with E-state index in [9.17, 15) is 4.39 Å². The summed E-state index contributed by atoms with van der Waals surface area (Å²) < 4.78 is 13.2. The van der Waals surface area contributed by atoms with E-state index >= 15 is 0 Å². The Morgan fingerprint density at radius 3 is 2.45 bits per heavy atom. The van der Waals surface area contributed by atoms with Crippen LogP contribution in [-0.4, -0.2) is 24.9 Å². The molecule has 0 spiro atoms. The molecule has 0 aliphatic carbocycles. The van der Waals surface area contributed by atoms with Gasteiger partial charge in [0, 0.05) is 24.7 Å². The Labute approximate surface area is 167 Å². The van der Waals surface area contributed by atoms with Gasteiger partial charge >= 0.3 is 0 Å². The number of benzene rings is 1. The van der Waals surface area contributed by atoms with E-state index in [1.807, 2.05) is 25.1 Å². The van der Waals surface area contributed by atoms with Gasteiger partial charge in [-0.2, -0.15) is 4.98 Å². The molecule has 29 heavy (non-hydrogen) atoms. The van der Waals surface area contributed by atoms with Crippen molar-refractivity contribution in [1.29, 1.82) is 0 Å². The van der Waals surface area contributed by atoms with E-state index in [-0.39, 0.29) is 11.9 Å². The van der Waals surface area contributed by atoms with Crippen molar-refractivity contribution in [2.75, 3.05) is 10.6 Å². The molecule has 0 aliphatic heterocycles. The molecule has 4 rings (SSSR count). The first-order valence-corrected chi connectivity index (χ1v) is 9.03. The molecule has 3 heterocycles. The highest BCUT2D eigenvalue weighted by atomic mass is 19.1. The van der Waals surface area contributed by atoms with Gasteiger partial charge in [-0.15, -0.1) is 0 Å². The number of aromatic nitrogens is 5.